The second kappa shape index (κ2) is 10.5. The van der Waals surface area contributed by atoms with Crippen molar-refractivity contribution in [1.29, 1.82) is 0 Å². The second-order valence-corrected chi connectivity index (χ2v) is 10.1. The fraction of sp³-hybridized carbons (Fsp3) is 0.385. The standard InChI is InChI=1S/C26H29ClN2O4S/c1-5-12-28-25-29(21-9-7-6-8-17(21)2)24(30)23(34-25)14-18-10-11-22(20(27)13-18)31-15-19-16-32-26(3,4)33-19/h6-11,13-14,19H,5,12,15-16H2,1-4H3/b23-14-,28-25?/t19-/m1/s1. The zero-order valence-electron chi connectivity index (χ0n) is 19.8. The van der Waals surface area contributed by atoms with E-state index in [4.69, 9.17) is 25.8 Å². The van der Waals surface area contributed by atoms with Crippen molar-refractivity contribution in [3.8, 4) is 5.75 Å². The predicted octanol–water partition coefficient (Wildman–Crippen LogP) is 6.07. The van der Waals surface area contributed by atoms with E-state index in [0.29, 0.717) is 40.6 Å². The van der Waals surface area contributed by atoms with Crippen LogP contribution in [0.3, 0.4) is 0 Å². The molecule has 2 aliphatic rings. The quantitative estimate of drug-likeness (QED) is 0.432. The zero-order chi connectivity index (χ0) is 24.3. The van der Waals surface area contributed by atoms with Gasteiger partial charge in [0.2, 0.25) is 0 Å². The van der Waals surface area contributed by atoms with Crippen molar-refractivity contribution < 1.29 is 19.0 Å². The molecule has 180 valence electrons. The van der Waals surface area contributed by atoms with Gasteiger partial charge in [0.15, 0.2) is 11.0 Å². The summed E-state index contributed by atoms with van der Waals surface area (Å²) in [6.45, 7) is 9.31. The molecule has 2 fully saturated rings. The monoisotopic (exact) mass is 500 g/mol. The van der Waals surface area contributed by atoms with Crippen LogP contribution in [0.5, 0.6) is 5.75 Å². The molecule has 1 amide bonds. The number of ether oxygens (including phenoxy) is 3. The molecular weight excluding hydrogens is 472 g/mol. The summed E-state index contributed by atoms with van der Waals surface area (Å²) in [6, 6.07) is 13.3. The van der Waals surface area contributed by atoms with Crippen LogP contribution in [-0.2, 0) is 14.3 Å². The van der Waals surface area contributed by atoms with Crippen molar-refractivity contribution in [2.45, 2.75) is 46.0 Å². The van der Waals surface area contributed by atoms with Gasteiger partial charge in [-0.05, 0) is 74.4 Å². The first-order valence-electron chi connectivity index (χ1n) is 11.4. The number of rotatable bonds is 7. The van der Waals surface area contributed by atoms with Gasteiger partial charge in [0.05, 0.1) is 22.2 Å². The molecule has 2 heterocycles. The third-order valence-electron chi connectivity index (χ3n) is 5.38. The maximum Gasteiger partial charge on any atom is 0.271 e. The van der Waals surface area contributed by atoms with Crippen LogP contribution in [0.25, 0.3) is 6.08 Å². The van der Waals surface area contributed by atoms with Crippen LogP contribution in [0.2, 0.25) is 5.02 Å². The number of amidine groups is 1. The van der Waals surface area contributed by atoms with Crippen molar-refractivity contribution in [2.24, 2.45) is 4.99 Å². The van der Waals surface area contributed by atoms with E-state index in [9.17, 15) is 4.79 Å². The molecule has 2 aromatic carbocycles. The van der Waals surface area contributed by atoms with Crippen LogP contribution in [0, 0.1) is 6.92 Å². The summed E-state index contributed by atoms with van der Waals surface area (Å²) in [5.74, 6) is -0.119. The number of amides is 1. The predicted molar refractivity (Wildman–Crippen MR) is 139 cm³/mol. The van der Waals surface area contributed by atoms with Crippen molar-refractivity contribution >= 4 is 46.2 Å². The normalized spacial score (nSPS) is 22.2. The number of aliphatic imine (C=N–C) groups is 1. The maximum absolute atomic E-state index is 13.4. The van der Waals surface area contributed by atoms with E-state index in [-0.39, 0.29) is 12.0 Å². The SMILES string of the molecule is CCCN=C1S/C(=C\c2ccc(OC[C@@H]3COC(C)(C)O3)c(Cl)c2)C(=O)N1c1ccccc1C. The number of hydrogen-bond donors (Lipinski definition) is 0. The Kier molecular flexibility index (Phi) is 7.67. The number of carbonyl (C=O) groups is 1. The van der Waals surface area contributed by atoms with Gasteiger partial charge in [0.1, 0.15) is 18.5 Å². The van der Waals surface area contributed by atoms with E-state index < -0.39 is 5.79 Å². The fourth-order valence-electron chi connectivity index (χ4n) is 3.72. The molecule has 2 aliphatic heterocycles. The van der Waals surface area contributed by atoms with Gasteiger partial charge < -0.3 is 14.2 Å². The third kappa shape index (κ3) is 5.66. The Labute approximate surface area is 209 Å². The van der Waals surface area contributed by atoms with E-state index in [1.165, 1.54) is 11.8 Å². The highest BCUT2D eigenvalue weighted by Gasteiger charge is 2.35. The third-order valence-corrected chi connectivity index (χ3v) is 6.68. The fourth-order valence-corrected chi connectivity index (χ4v) is 4.96. The average molecular weight is 501 g/mol. The summed E-state index contributed by atoms with van der Waals surface area (Å²) in [7, 11) is 0. The molecule has 34 heavy (non-hydrogen) atoms. The lowest BCUT2D eigenvalue weighted by molar-refractivity contribution is -0.141. The summed E-state index contributed by atoms with van der Waals surface area (Å²) in [5, 5.41) is 1.17. The Morgan fingerprint density at radius 1 is 1.29 bits per heavy atom. The molecule has 1 atom stereocenters. The van der Waals surface area contributed by atoms with Gasteiger partial charge in [0, 0.05) is 6.54 Å². The van der Waals surface area contributed by atoms with E-state index in [1.807, 2.05) is 63.2 Å². The summed E-state index contributed by atoms with van der Waals surface area (Å²) in [5.41, 5.74) is 2.68. The highest BCUT2D eigenvalue weighted by molar-refractivity contribution is 8.19. The Bertz CT molecular complexity index is 1130. The van der Waals surface area contributed by atoms with Crippen molar-refractivity contribution in [3.63, 3.8) is 0 Å². The van der Waals surface area contributed by atoms with E-state index >= 15 is 0 Å². The number of aryl methyl sites for hydroxylation is 1. The summed E-state index contributed by atoms with van der Waals surface area (Å²) in [6.07, 6.45) is 2.61. The number of nitrogens with zero attached hydrogens (tertiary/aromatic N) is 2. The first-order valence-corrected chi connectivity index (χ1v) is 12.5. The van der Waals surface area contributed by atoms with Gasteiger partial charge in [-0.3, -0.25) is 14.7 Å². The number of benzene rings is 2. The van der Waals surface area contributed by atoms with Crippen molar-refractivity contribution in [1.82, 2.24) is 0 Å². The number of para-hydroxylation sites is 1. The van der Waals surface area contributed by atoms with E-state index in [2.05, 4.69) is 11.9 Å². The van der Waals surface area contributed by atoms with E-state index in [1.54, 1.807) is 11.0 Å². The Morgan fingerprint density at radius 2 is 2.09 bits per heavy atom. The number of hydrogen-bond acceptors (Lipinski definition) is 6. The molecule has 0 aliphatic carbocycles. The van der Waals surface area contributed by atoms with E-state index in [0.717, 1.165) is 23.2 Å². The first kappa shape index (κ1) is 24.8. The Morgan fingerprint density at radius 3 is 2.76 bits per heavy atom. The molecule has 8 heteroatoms. The van der Waals surface area contributed by atoms with Crippen LogP contribution in [0.4, 0.5) is 5.69 Å². The van der Waals surface area contributed by atoms with Gasteiger partial charge in [-0.1, -0.05) is 42.8 Å². The van der Waals surface area contributed by atoms with Crippen molar-refractivity contribution in [2.75, 3.05) is 24.7 Å². The zero-order valence-corrected chi connectivity index (χ0v) is 21.4. The number of anilines is 1. The van der Waals surface area contributed by atoms with Gasteiger partial charge in [-0.15, -0.1) is 0 Å². The summed E-state index contributed by atoms with van der Waals surface area (Å²) in [4.78, 5) is 20.3. The Hall–Kier alpha value is -2.32. The van der Waals surface area contributed by atoms with Gasteiger partial charge in [-0.25, -0.2) is 0 Å². The minimum absolute atomic E-state index is 0.0911. The average Bonchev–Trinajstić information content (AvgIpc) is 3.30. The highest BCUT2D eigenvalue weighted by atomic mass is 35.5. The lowest BCUT2D eigenvalue weighted by Gasteiger charge is -2.18. The van der Waals surface area contributed by atoms with Crippen LogP contribution in [-0.4, -0.2) is 42.7 Å². The molecule has 0 aromatic heterocycles. The first-order chi connectivity index (χ1) is 16.3. The molecule has 0 N–H and O–H groups in total. The minimum atomic E-state index is -0.592. The van der Waals surface area contributed by atoms with Gasteiger partial charge >= 0.3 is 0 Å². The molecule has 0 radical (unpaired) electrons. The molecule has 0 saturated carbocycles. The van der Waals surface area contributed by atoms with Crippen LogP contribution >= 0.6 is 23.4 Å². The largest absolute Gasteiger partial charge is 0.489 e. The molecular formula is C26H29ClN2O4S. The minimum Gasteiger partial charge on any atom is -0.489 e. The van der Waals surface area contributed by atoms with Gasteiger partial charge in [-0.2, -0.15) is 0 Å². The number of carbonyl (C=O) groups excluding carboxylic acids is 1. The lowest BCUT2D eigenvalue weighted by atomic mass is 10.1. The molecule has 0 bridgehead atoms. The smallest absolute Gasteiger partial charge is 0.271 e. The Balaban J connectivity index is 1.52. The van der Waals surface area contributed by atoms with Crippen LogP contribution in [0.1, 0.15) is 38.3 Å². The molecule has 0 spiro atoms. The molecule has 2 aromatic rings. The topological polar surface area (TPSA) is 60.4 Å². The van der Waals surface area contributed by atoms with Crippen LogP contribution < -0.4 is 9.64 Å². The van der Waals surface area contributed by atoms with Gasteiger partial charge in [0.25, 0.3) is 5.91 Å². The molecule has 4 rings (SSSR count). The summed E-state index contributed by atoms with van der Waals surface area (Å²) < 4.78 is 17.2. The number of thioether (sulfide) groups is 1. The van der Waals surface area contributed by atoms with Crippen LogP contribution in [0.15, 0.2) is 52.4 Å². The molecule has 2 saturated heterocycles. The van der Waals surface area contributed by atoms with Crippen molar-refractivity contribution in [3.05, 3.63) is 63.5 Å². The number of halogens is 1. The maximum atomic E-state index is 13.4. The lowest BCUT2D eigenvalue weighted by Crippen LogP contribution is -2.29. The summed E-state index contributed by atoms with van der Waals surface area (Å²) >= 11 is 7.87. The molecule has 6 nitrogen and oxygen atoms in total. The second-order valence-electron chi connectivity index (χ2n) is 8.65. The molecule has 0 unspecified atom stereocenters. The highest BCUT2D eigenvalue weighted by Crippen LogP contribution is 2.38.